The zero-order chi connectivity index (χ0) is 15.4. The van der Waals surface area contributed by atoms with E-state index in [1.807, 2.05) is 6.07 Å². The fourth-order valence-corrected chi connectivity index (χ4v) is 1.96. The van der Waals surface area contributed by atoms with E-state index in [1.54, 1.807) is 26.1 Å². The molecule has 1 aromatic rings. The summed E-state index contributed by atoms with van der Waals surface area (Å²) >= 11 is 0. The van der Waals surface area contributed by atoms with Crippen molar-refractivity contribution in [2.75, 3.05) is 20.4 Å². The molecule has 0 fully saturated rings. The molecular formula is C14H18N2O5. The van der Waals surface area contributed by atoms with Gasteiger partial charge in [-0.1, -0.05) is 6.07 Å². The Bertz CT molecular complexity index is 546. The number of ether oxygens (including phenoxy) is 3. The first kappa shape index (κ1) is 15.1. The molecule has 21 heavy (non-hydrogen) atoms. The molecule has 1 unspecified atom stereocenters. The molecule has 7 nitrogen and oxygen atoms in total. The Morgan fingerprint density at radius 3 is 2.81 bits per heavy atom. The first-order valence-electron chi connectivity index (χ1n) is 6.58. The van der Waals surface area contributed by atoms with E-state index in [9.17, 15) is 9.59 Å². The standard InChI is InChI=1S/C14H18N2O5/c1-3-19-14(18)12(15)13(17)16(2)7-9-4-5-10-11(6-9)21-8-20-10/h4-6,12H,3,7-8,15H2,1-2H3. The highest BCUT2D eigenvalue weighted by atomic mass is 16.7. The highest BCUT2D eigenvalue weighted by Gasteiger charge is 2.26. The molecule has 1 atom stereocenters. The van der Waals surface area contributed by atoms with Gasteiger partial charge in [-0.15, -0.1) is 0 Å². The normalized spacial score (nSPS) is 13.7. The van der Waals surface area contributed by atoms with Crippen LogP contribution in [0.5, 0.6) is 11.5 Å². The van der Waals surface area contributed by atoms with Gasteiger partial charge in [0.25, 0.3) is 5.91 Å². The topological polar surface area (TPSA) is 91.1 Å². The predicted molar refractivity (Wildman–Crippen MR) is 73.6 cm³/mol. The van der Waals surface area contributed by atoms with E-state index < -0.39 is 17.9 Å². The summed E-state index contributed by atoms with van der Waals surface area (Å²) in [5, 5.41) is 0. The average Bonchev–Trinajstić information content (AvgIpc) is 2.93. The third kappa shape index (κ3) is 3.43. The SMILES string of the molecule is CCOC(=O)C(N)C(=O)N(C)Cc1ccc2c(c1)OCO2. The third-order valence-electron chi connectivity index (χ3n) is 3.04. The molecule has 1 aromatic carbocycles. The second kappa shape index (κ2) is 6.45. The van der Waals surface area contributed by atoms with Crippen LogP contribution >= 0.6 is 0 Å². The number of rotatable bonds is 5. The number of nitrogens with zero attached hydrogens (tertiary/aromatic N) is 1. The Morgan fingerprint density at radius 1 is 1.38 bits per heavy atom. The molecule has 0 spiro atoms. The molecule has 0 saturated heterocycles. The highest BCUT2D eigenvalue weighted by molar-refractivity contribution is 6.01. The van der Waals surface area contributed by atoms with Crippen molar-refractivity contribution < 1.29 is 23.8 Å². The van der Waals surface area contributed by atoms with Crippen LogP contribution in [0.2, 0.25) is 0 Å². The minimum Gasteiger partial charge on any atom is -0.464 e. The molecule has 0 bridgehead atoms. The fourth-order valence-electron chi connectivity index (χ4n) is 1.96. The van der Waals surface area contributed by atoms with Crippen LogP contribution < -0.4 is 15.2 Å². The van der Waals surface area contributed by atoms with E-state index in [1.165, 1.54) is 4.90 Å². The minimum absolute atomic E-state index is 0.186. The first-order valence-corrected chi connectivity index (χ1v) is 6.58. The molecule has 1 heterocycles. The number of esters is 1. The zero-order valence-corrected chi connectivity index (χ0v) is 12.0. The van der Waals surface area contributed by atoms with Crippen LogP contribution in [0.1, 0.15) is 12.5 Å². The quantitative estimate of drug-likeness (QED) is 0.619. The number of nitrogens with two attached hydrogens (primary N) is 1. The van der Waals surface area contributed by atoms with Crippen LogP contribution in [0.15, 0.2) is 18.2 Å². The predicted octanol–water partition coefficient (Wildman–Crippen LogP) is 0.264. The number of carbonyl (C=O) groups excluding carboxylic acids is 2. The summed E-state index contributed by atoms with van der Waals surface area (Å²) in [5.74, 6) is 0.102. The van der Waals surface area contributed by atoms with Crippen molar-refractivity contribution in [3.63, 3.8) is 0 Å². The first-order chi connectivity index (χ1) is 10.0. The van der Waals surface area contributed by atoms with Crippen LogP contribution in [0.3, 0.4) is 0 Å². The molecule has 0 saturated carbocycles. The van der Waals surface area contributed by atoms with E-state index in [0.717, 1.165) is 5.56 Å². The van der Waals surface area contributed by atoms with Crippen molar-refractivity contribution in [2.45, 2.75) is 19.5 Å². The molecule has 0 aliphatic carbocycles. The molecule has 0 radical (unpaired) electrons. The summed E-state index contributed by atoms with van der Waals surface area (Å²) in [5.41, 5.74) is 6.43. The van der Waals surface area contributed by atoms with Crippen molar-refractivity contribution in [1.29, 1.82) is 0 Å². The van der Waals surface area contributed by atoms with Gasteiger partial charge in [-0.25, -0.2) is 4.79 Å². The van der Waals surface area contributed by atoms with Crippen LogP contribution in [-0.2, 0) is 20.9 Å². The highest BCUT2D eigenvalue weighted by Crippen LogP contribution is 2.32. The van der Waals surface area contributed by atoms with Gasteiger partial charge in [0, 0.05) is 13.6 Å². The van der Waals surface area contributed by atoms with Gasteiger partial charge in [-0.3, -0.25) is 4.79 Å². The zero-order valence-electron chi connectivity index (χ0n) is 12.0. The molecule has 2 rings (SSSR count). The van der Waals surface area contributed by atoms with Gasteiger partial charge in [-0.05, 0) is 24.6 Å². The fraction of sp³-hybridized carbons (Fsp3) is 0.429. The van der Waals surface area contributed by atoms with Gasteiger partial charge in [0.05, 0.1) is 6.61 Å². The van der Waals surface area contributed by atoms with Gasteiger partial charge >= 0.3 is 5.97 Å². The smallest absolute Gasteiger partial charge is 0.332 e. The summed E-state index contributed by atoms with van der Waals surface area (Å²) in [6.07, 6.45) is 0. The maximum Gasteiger partial charge on any atom is 0.332 e. The Morgan fingerprint density at radius 2 is 2.10 bits per heavy atom. The number of likely N-dealkylation sites (N-methyl/N-ethyl adjacent to an activating group) is 1. The van der Waals surface area contributed by atoms with Gasteiger partial charge in [-0.2, -0.15) is 0 Å². The van der Waals surface area contributed by atoms with E-state index in [0.29, 0.717) is 18.0 Å². The van der Waals surface area contributed by atoms with Gasteiger partial charge in [0.1, 0.15) is 0 Å². The second-order valence-electron chi connectivity index (χ2n) is 4.61. The second-order valence-corrected chi connectivity index (χ2v) is 4.61. The van der Waals surface area contributed by atoms with E-state index in [4.69, 9.17) is 19.9 Å². The van der Waals surface area contributed by atoms with E-state index in [-0.39, 0.29) is 13.4 Å². The summed E-state index contributed by atoms with van der Waals surface area (Å²) in [6.45, 7) is 2.35. The van der Waals surface area contributed by atoms with Gasteiger partial charge in [0.15, 0.2) is 17.5 Å². The molecule has 1 amide bonds. The maximum atomic E-state index is 12.0. The molecule has 7 heteroatoms. The van der Waals surface area contributed by atoms with E-state index in [2.05, 4.69) is 0 Å². The van der Waals surface area contributed by atoms with Crippen molar-refractivity contribution in [1.82, 2.24) is 4.90 Å². The summed E-state index contributed by atoms with van der Waals surface area (Å²) < 4.78 is 15.2. The van der Waals surface area contributed by atoms with Crippen LogP contribution in [0, 0.1) is 0 Å². The van der Waals surface area contributed by atoms with Crippen molar-refractivity contribution in [2.24, 2.45) is 5.73 Å². The Balaban J connectivity index is 1.99. The number of amides is 1. The number of benzene rings is 1. The average molecular weight is 294 g/mol. The lowest BCUT2D eigenvalue weighted by molar-refractivity contribution is -0.150. The molecular weight excluding hydrogens is 276 g/mol. The number of fused-ring (bicyclic) bond motifs is 1. The number of hydrogen-bond donors (Lipinski definition) is 1. The number of hydrogen-bond acceptors (Lipinski definition) is 6. The van der Waals surface area contributed by atoms with Gasteiger partial charge in [0.2, 0.25) is 6.79 Å². The van der Waals surface area contributed by atoms with Crippen molar-refractivity contribution in [3.8, 4) is 11.5 Å². The molecule has 114 valence electrons. The van der Waals surface area contributed by atoms with Crippen LogP contribution in [0.4, 0.5) is 0 Å². The van der Waals surface area contributed by atoms with Crippen LogP contribution in [0.25, 0.3) is 0 Å². The largest absolute Gasteiger partial charge is 0.464 e. The Labute approximate surface area is 122 Å². The van der Waals surface area contributed by atoms with Crippen LogP contribution in [-0.4, -0.2) is 43.3 Å². The summed E-state index contributed by atoms with van der Waals surface area (Å²) in [7, 11) is 1.58. The third-order valence-corrected chi connectivity index (χ3v) is 3.04. The molecule has 2 N–H and O–H groups in total. The summed E-state index contributed by atoms with van der Waals surface area (Å²) in [4.78, 5) is 24.9. The van der Waals surface area contributed by atoms with Crippen molar-refractivity contribution >= 4 is 11.9 Å². The Hall–Kier alpha value is -2.28. The lowest BCUT2D eigenvalue weighted by Gasteiger charge is -2.20. The van der Waals surface area contributed by atoms with Crippen molar-refractivity contribution in [3.05, 3.63) is 23.8 Å². The molecule has 0 aromatic heterocycles. The molecule has 1 aliphatic heterocycles. The minimum atomic E-state index is -1.30. The van der Waals surface area contributed by atoms with Gasteiger partial charge < -0.3 is 24.8 Å². The monoisotopic (exact) mass is 294 g/mol. The maximum absolute atomic E-state index is 12.0. The molecule has 1 aliphatic rings. The van der Waals surface area contributed by atoms with E-state index >= 15 is 0 Å². The number of carbonyl (C=O) groups is 2. The lowest BCUT2D eigenvalue weighted by atomic mass is 10.1. The Kier molecular flexibility index (Phi) is 4.64. The lowest BCUT2D eigenvalue weighted by Crippen LogP contribution is -2.47. The summed E-state index contributed by atoms with van der Waals surface area (Å²) in [6, 6.07) is 4.10.